The van der Waals surface area contributed by atoms with Gasteiger partial charge >= 0.3 is 6.03 Å². The van der Waals surface area contributed by atoms with E-state index in [-0.39, 0.29) is 25.6 Å². The number of amides is 3. The second-order valence-corrected chi connectivity index (χ2v) is 3.94. The van der Waals surface area contributed by atoms with Gasteiger partial charge in [0.05, 0.1) is 13.1 Å². The van der Waals surface area contributed by atoms with Crippen LogP contribution < -0.4 is 10.1 Å². The smallest absolute Gasteiger partial charge is 0.324 e. The number of carbonyl (C=O) groups is 2. The number of ether oxygens (including phenoxy) is 1. The van der Waals surface area contributed by atoms with E-state index in [9.17, 15) is 14.7 Å². The maximum Gasteiger partial charge on any atom is 0.324 e. The molecule has 1 unspecified atom stereocenters. The average Bonchev–Trinajstić information content (AvgIpc) is 2.69. The van der Waals surface area contributed by atoms with Gasteiger partial charge in [-0.25, -0.2) is 4.79 Å². The zero-order chi connectivity index (χ0) is 13.0. The minimum atomic E-state index is -0.905. The van der Waals surface area contributed by atoms with Gasteiger partial charge in [-0.05, 0) is 12.1 Å². The van der Waals surface area contributed by atoms with Crippen LogP contribution in [0.5, 0.6) is 5.75 Å². The Balaban J connectivity index is 1.80. The lowest BCUT2D eigenvalue weighted by molar-refractivity contribution is -0.126. The molecule has 96 valence electrons. The largest absolute Gasteiger partial charge is 0.491 e. The summed E-state index contributed by atoms with van der Waals surface area (Å²) in [5.41, 5.74) is 0. The highest BCUT2D eigenvalue weighted by Gasteiger charge is 2.30. The molecule has 2 rings (SSSR count). The van der Waals surface area contributed by atoms with Crippen molar-refractivity contribution >= 4 is 11.9 Å². The third kappa shape index (κ3) is 2.98. The van der Waals surface area contributed by atoms with Crippen molar-refractivity contribution in [1.82, 2.24) is 10.2 Å². The predicted octanol–water partition coefficient (Wildman–Crippen LogP) is -0.0219. The number of nitrogens with one attached hydrogen (secondary N) is 1. The molecule has 1 atom stereocenters. The number of hydrogen-bond donors (Lipinski definition) is 2. The lowest BCUT2D eigenvalue weighted by atomic mass is 10.3. The number of para-hydroxylation sites is 1. The lowest BCUT2D eigenvalue weighted by Crippen LogP contribution is -2.39. The second kappa shape index (κ2) is 5.50. The Morgan fingerprint density at radius 2 is 2.06 bits per heavy atom. The van der Waals surface area contributed by atoms with Crippen molar-refractivity contribution in [2.75, 3.05) is 19.7 Å². The number of hydrogen-bond acceptors (Lipinski definition) is 4. The van der Waals surface area contributed by atoms with Crippen LogP contribution in [0.2, 0.25) is 0 Å². The number of aliphatic hydroxyl groups is 1. The Labute approximate surface area is 104 Å². The van der Waals surface area contributed by atoms with Crippen molar-refractivity contribution in [1.29, 1.82) is 0 Å². The molecular weight excluding hydrogens is 236 g/mol. The molecule has 1 aliphatic rings. The van der Waals surface area contributed by atoms with Gasteiger partial charge in [-0.15, -0.1) is 0 Å². The Hall–Kier alpha value is -2.08. The van der Waals surface area contributed by atoms with Gasteiger partial charge in [-0.3, -0.25) is 9.69 Å². The summed E-state index contributed by atoms with van der Waals surface area (Å²) in [7, 11) is 0. The minimum absolute atomic E-state index is 0.00883. The molecule has 6 heteroatoms. The minimum Gasteiger partial charge on any atom is -0.491 e. The van der Waals surface area contributed by atoms with Crippen molar-refractivity contribution in [3.63, 3.8) is 0 Å². The summed E-state index contributed by atoms with van der Waals surface area (Å²) in [6.45, 7) is -0.0380. The first-order valence-electron chi connectivity index (χ1n) is 5.61. The van der Waals surface area contributed by atoms with Crippen LogP contribution >= 0.6 is 0 Å². The Morgan fingerprint density at radius 3 is 2.67 bits per heavy atom. The Kier molecular flexibility index (Phi) is 3.78. The van der Waals surface area contributed by atoms with E-state index in [0.29, 0.717) is 5.75 Å². The standard InChI is InChI=1S/C12H14N2O4/c15-9(7-14-11(16)6-13-12(14)17)8-18-10-4-2-1-3-5-10/h1-5,9,15H,6-8H2,(H,13,17). The van der Waals surface area contributed by atoms with Gasteiger partial charge in [0, 0.05) is 0 Å². The van der Waals surface area contributed by atoms with E-state index in [1.165, 1.54) is 0 Å². The molecule has 1 saturated heterocycles. The fraction of sp³-hybridized carbons (Fsp3) is 0.333. The number of urea groups is 1. The molecule has 1 fully saturated rings. The summed E-state index contributed by atoms with van der Waals surface area (Å²) >= 11 is 0. The molecule has 1 heterocycles. The molecule has 1 aromatic rings. The van der Waals surface area contributed by atoms with Gasteiger partial charge in [-0.1, -0.05) is 18.2 Å². The Bertz CT molecular complexity index is 419. The first-order valence-corrected chi connectivity index (χ1v) is 5.61. The summed E-state index contributed by atoms with van der Waals surface area (Å²) in [4.78, 5) is 23.5. The topological polar surface area (TPSA) is 78.9 Å². The lowest BCUT2D eigenvalue weighted by Gasteiger charge is -2.17. The molecule has 0 aliphatic carbocycles. The maximum atomic E-state index is 11.3. The van der Waals surface area contributed by atoms with Crippen LogP contribution in [0.1, 0.15) is 0 Å². The number of benzene rings is 1. The van der Waals surface area contributed by atoms with Gasteiger partial charge in [-0.2, -0.15) is 0 Å². The molecule has 0 aromatic heterocycles. The van der Waals surface area contributed by atoms with Crippen molar-refractivity contribution in [2.24, 2.45) is 0 Å². The van der Waals surface area contributed by atoms with Crippen LogP contribution in [0.3, 0.4) is 0 Å². The summed E-state index contributed by atoms with van der Waals surface area (Å²) in [6.07, 6.45) is -0.905. The second-order valence-electron chi connectivity index (χ2n) is 3.94. The molecule has 0 saturated carbocycles. The molecular formula is C12H14N2O4. The molecule has 1 aliphatic heterocycles. The molecule has 2 N–H and O–H groups in total. The highest BCUT2D eigenvalue weighted by atomic mass is 16.5. The molecule has 0 spiro atoms. The number of aliphatic hydroxyl groups excluding tert-OH is 1. The summed E-state index contributed by atoms with van der Waals surface area (Å²) < 4.78 is 5.33. The zero-order valence-corrected chi connectivity index (χ0v) is 9.70. The maximum absolute atomic E-state index is 11.3. The highest BCUT2D eigenvalue weighted by Crippen LogP contribution is 2.09. The number of imide groups is 1. The van der Waals surface area contributed by atoms with Gasteiger partial charge < -0.3 is 15.2 Å². The molecule has 3 amide bonds. The first kappa shape index (κ1) is 12.4. The van der Waals surface area contributed by atoms with Gasteiger partial charge in [0.1, 0.15) is 18.5 Å². The van der Waals surface area contributed by atoms with E-state index in [1.807, 2.05) is 18.2 Å². The van der Waals surface area contributed by atoms with E-state index >= 15 is 0 Å². The van der Waals surface area contributed by atoms with Crippen LogP contribution in [0.15, 0.2) is 30.3 Å². The predicted molar refractivity (Wildman–Crippen MR) is 63.1 cm³/mol. The third-order valence-corrected chi connectivity index (χ3v) is 2.52. The number of carbonyl (C=O) groups excluding carboxylic acids is 2. The molecule has 18 heavy (non-hydrogen) atoms. The summed E-state index contributed by atoms with van der Waals surface area (Å²) in [5.74, 6) is 0.299. The molecule has 6 nitrogen and oxygen atoms in total. The van der Waals surface area contributed by atoms with Crippen LogP contribution in [0.25, 0.3) is 0 Å². The van der Waals surface area contributed by atoms with Crippen molar-refractivity contribution in [2.45, 2.75) is 6.10 Å². The van der Waals surface area contributed by atoms with E-state index in [4.69, 9.17) is 4.74 Å². The summed E-state index contributed by atoms with van der Waals surface area (Å²) in [5, 5.41) is 12.1. The number of rotatable bonds is 5. The van der Waals surface area contributed by atoms with Crippen molar-refractivity contribution in [3.8, 4) is 5.75 Å². The van der Waals surface area contributed by atoms with Crippen molar-refractivity contribution in [3.05, 3.63) is 30.3 Å². The van der Waals surface area contributed by atoms with E-state index in [2.05, 4.69) is 5.32 Å². The Morgan fingerprint density at radius 1 is 1.33 bits per heavy atom. The van der Waals surface area contributed by atoms with Crippen molar-refractivity contribution < 1.29 is 19.4 Å². The molecule has 0 bridgehead atoms. The normalized spacial score (nSPS) is 16.6. The fourth-order valence-corrected chi connectivity index (χ4v) is 1.61. The third-order valence-electron chi connectivity index (χ3n) is 2.52. The highest BCUT2D eigenvalue weighted by molar-refractivity contribution is 6.01. The van der Waals surface area contributed by atoms with Gasteiger partial charge in [0.15, 0.2) is 0 Å². The number of β-amino-alcohol motifs (C(OH)–C–C–N with tert-alkyl or cyclic N) is 1. The van der Waals surface area contributed by atoms with Crippen LogP contribution in [-0.2, 0) is 4.79 Å². The average molecular weight is 250 g/mol. The molecule has 1 aromatic carbocycles. The van der Waals surface area contributed by atoms with Crippen LogP contribution in [-0.4, -0.2) is 47.7 Å². The summed E-state index contributed by atoms with van der Waals surface area (Å²) in [6, 6.07) is 8.55. The van der Waals surface area contributed by atoms with E-state index in [1.54, 1.807) is 12.1 Å². The van der Waals surface area contributed by atoms with Crippen LogP contribution in [0, 0.1) is 0 Å². The fourth-order valence-electron chi connectivity index (χ4n) is 1.61. The van der Waals surface area contributed by atoms with Crippen LogP contribution in [0.4, 0.5) is 4.79 Å². The number of nitrogens with zero attached hydrogens (tertiary/aromatic N) is 1. The first-order chi connectivity index (χ1) is 8.66. The quantitative estimate of drug-likeness (QED) is 0.720. The van der Waals surface area contributed by atoms with Gasteiger partial charge in [0.2, 0.25) is 5.91 Å². The molecule has 0 radical (unpaired) electrons. The zero-order valence-electron chi connectivity index (χ0n) is 9.70. The van der Waals surface area contributed by atoms with E-state index < -0.39 is 12.1 Å². The van der Waals surface area contributed by atoms with E-state index in [0.717, 1.165) is 4.90 Å². The SMILES string of the molecule is O=C1CNC(=O)N1CC(O)COc1ccccc1. The monoisotopic (exact) mass is 250 g/mol. The van der Waals surface area contributed by atoms with Gasteiger partial charge in [0.25, 0.3) is 0 Å².